The lowest BCUT2D eigenvalue weighted by atomic mass is 9.87. The fraction of sp³-hybridized carbons (Fsp3) is 0.462. The summed E-state index contributed by atoms with van der Waals surface area (Å²) in [5, 5.41) is 2.62. The first-order valence-electron chi connectivity index (χ1n) is 11.5. The van der Waals surface area contributed by atoms with Gasteiger partial charge in [-0.2, -0.15) is 0 Å². The molecule has 0 unspecified atom stereocenters. The SMILES string of the molecule is CC[C@H](C(=O)NC)N(CCc1ccccc1)C(=O)CN(c1ccc(C(C)(C)C)cc1)S(C)(=O)=O. The van der Waals surface area contributed by atoms with E-state index in [1.54, 1.807) is 12.1 Å². The minimum absolute atomic E-state index is 0.0830. The van der Waals surface area contributed by atoms with Gasteiger partial charge < -0.3 is 10.2 Å². The predicted octanol–water partition coefficient (Wildman–Crippen LogP) is 3.35. The maximum Gasteiger partial charge on any atom is 0.244 e. The van der Waals surface area contributed by atoms with E-state index in [2.05, 4.69) is 26.1 Å². The van der Waals surface area contributed by atoms with Crippen molar-refractivity contribution in [2.45, 2.75) is 52.0 Å². The van der Waals surface area contributed by atoms with Gasteiger partial charge in [-0.15, -0.1) is 0 Å². The Kier molecular flexibility index (Phi) is 9.27. The van der Waals surface area contributed by atoms with Gasteiger partial charge in [0.2, 0.25) is 21.8 Å². The maximum absolute atomic E-state index is 13.5. The van der Waals surface area contributed by atoms with Crippen LogP contribution in [-0.4, -0.2) is 57.6 Å². The Labute approximate surface area is 204 Å². The molecule has 1 atom stereocenters. The zero-order chi connectivity index (χ0) is 25.5. The highest BCUT2D eigenvalue weighted by atomic mass is 32.2. The molecule has 0 aliphatic carbocycles. The van der Waals surface area contributed by atoms with Gasteiger partial charge in [0.05, 0.1) is 11.9 Å². The van der Waals surface area contributed by atoms with Crippen LogP contribution in [0.15, 0.2) is 54.6 Å². The molecule has 0 radical (unpaired) electrons. The third-order valence-corrected chi connectivity index (χ3v) is 6.96. The van der Waals surface area contributed by atoms with Crippen LogP contribution in [0.2, 0.25) is 0 Å². The first kappa shape index (κ1) is 27.4. The van der Waals surface area contributed by atoms with Gasteiger partial charge in [0.15, 0.2) is 0 Å². The number of sulfonamides is 1. The molecular formula is C26H37N3O4S. The highest BCUT2D eigenvalue weighted by Crippen LogP contribution is 2.26. The van der Waals surface area contributed by atoms with Crippen molar-refractivity contribution in [2.75, 3.05) is 30.7 Å². The van der Waals surface area contributed by atoms with E-state index in [0.29, 0.717) is 25.1 Å². The Morgan fingerprint density at radius 2 is 1.59 bits per heavy atom. The summed E-state index contributed by atoms with van der Waals surface area (Å²) in [6.07, 6.45) is 2.06. The van der Waals surface area contributed by atoms with Gasteiger partial charge in [-0.1, -0.05) is 70.2 Å². The molecule has 2 aromatic rings. The quantitative estimate of drug-likeness (QED) is 0.557. The van der Waals surface area contributed by atoms with E-state index in [9.17, 15) is 18.0 Å². The number of likely N-dealkylation sites (N-methyl/N-ethyl adjacent to an activating group) is 1. The van der Waals surface area contributed by atoms with Crippen molar-refractivity contribution >= 4 is 27.5 Å². The van der Waals surface area contributed by atoms with Crippen molar-refractivity contribution < 1.29 is 18.0 Å². The number of carbonyl (C=O) groups is 2. The summed E-state index contributed by atoms with van der Waals surface area (Å²) < 4.78 is 26.4. The molecule has 0 spiro atoms. The standard InChI is InChI=1S/C26H37N3O4S/c1-7-23(25(31)27-5)28(18-17-20-11-9-8-10-12-20)24(30)19-29(34(6,32)33)22-15-13-21(14-16-22)26(2,3)4/h8-16,23H,7,17-19H2,1-6H3,(H,27,31)/t23-/m1/s1. The third-order valence-electron chi connectivity index (χ3n) is 5.82. The average Bonchev–Trinajstić information content (AvgIpc) is 2.79. The van der Waals surface area contributed by atoms with E-state index in [0.717, 1.165) is 21.7 Å². The van der Waals surface area contributed by atoms with Crippen LogP contribution in [0.4, 0.5) is 5.69 Å². The van der Waals surface area contributed by atoms with E-state index in [1.165, 1.54) is 11.9 Å². The van der Waals surface area contributed by atoms with Crippen LogP contribution < -0.4 is 9.62 Å². The van der Waals surface area contributed by atoms with Crippen LogP contribution in [0.3, 0.4) is 0 Å². The first-order chi connectivity index (χ1) is 15.9. The van der Waals surface area contributed by atoms with Gasteiger partial charge in [0.25, 0.3) is 0 Å². The summed E-state index contributed by atoms with van der Waals surface area (Å²) in [5.41, 5.74) is 2.43. The van der Waals surface area contributed by atoms with E-state index < -0.39 is 22.0 Å². The number of anilines is 1. The summed E-state index contributed by atoms with van der Waals surface area (Å²) in [4.78, 5) is 27.5. The molecule has 186 valence electrons. The average molecular weight is 488 g/mol. The van der Waals surface area contributed by atoms with Crippen LogP contribution in [-0.2, 0) is 31.4 Å². The van der Waals surface area contributed by atoms with Crippen molar-refractivity contribution in [2.24, 2.45) is 0 Å². The van der Waals surface area contributed by atoms with Crippen molar-refractivity contribution in [1.29, 1.82) is 0 Å². The van der Waals surface area contributed by atoms with Gasteiger partial charge in [-0.05, 0) is 41.5 Å². The van der Waals surface area contributed by atoms with E-state index >= 15 is 0 Å². The largest absolute Gasteiger partial charge is 0.357 e. The first-order valence-corrected chi connectivity index (χ1v) is 13.4. The van der Waals surface area contributed by atoms with Crippen LogP contribution in [0, 0.1) is 0 Å². The monoisotopic (exact) mass is 487 g/mol. The Morgan fingerprint density at radius 3 is 2.06 bits per heavy atom. The molecule has 2 aromatic carbocycles. The molecule has 0 saturated heterocycles. The van der Waals surface area contributed by atoms with Crippen molar-refractivity contribution in [3.63, 3.8) is 0 Å². The van der Waals surface area contributed by atoms with Crippen LogP contribution in [0.1, 0.15) is 45.2 Å². The van der Waals surface area contributed by atoms with E-state index in [1.807, 2.05) is 49.4 Å². The number of nitrogens with one attached hydrogen (secondary N) is 1. The zero-order valence-electron chi connectivity index (χ0n) is 21.0. The number of hydrogen-bond acceptors (Lipinski definition) is 4. The van der Waals surface area contributed by atoms with Gasteiger partial charge >= 0.3 is 0 Å². The molecule has 0 bridgehead atoms. The Balaban J connectivity index is 2.35. The molecule has 0 aliphatic rings. The van der Waals surface area contributed by atoms with Crippen LogP contribution >= 0.6 is 0 Å². The summed E-state index contributed by atoms with van der Waals surface area (Å²) in [6, 6.07) is 16.2. The normalized spacial score (nSPS) is 12.6. The third kappa shape index (κ3) is 7.32. The molecule has 8 heteroatoms. The minimum atomic E-state index is -3.73. The topological polar surface area (TPSA) is 86.8 Å². The molecule has 0 aromatic heterocycles. The Hall–Kier alpha value is -2.87. The highest BCUT2D eigenvalue weighted by Gasteiger charge is 2.31. The molecule has 2 rings (SSSR count). The second kappa shape index (κ2) is 11.5. The van der Waals surface area contributed by atoms with Gasteiger partial charge in [0.1, 0.15) is 12.6 Å². The summed E-state index contributed by atoms with van der Waals surface area (Å²) in [7, 11) is -2.20. The highest BCUT2D eigenvalue weighted by molar-refractivity contribution is 7.92. The van der Waals surface area contributed by atoms with E-state index in [-0.39, 0.29) is 17.9 Å². The Bertz CT molecular complexity index is 1060. The molecular weight excluding hydrogens is 450 g/mol. The molecule has 7 nitrogen and oxygen atoms in total. The molecule has 2 amide bonds. The van der Waals surface area contributed by atoms with Crippen molar-refractivity contribution in [1.82, 2.24) is 10.2 Å². The molecule has 0 fully saturated rings. The van der Waals surface area contributed by atoms with Gasteiger partial charge in [-0.25, -0.2) is 8.42 Å². The molecule has 0 heterocycles. The number of rotatable bonds is 10. The number of amides is 2. The Morgan fingerprint density at radius 1 is 1.00 bits per heavy atom. The predicted molar refractivity (Wildman–Crippen MR) is 137 cm³/mol. The number of hydrogen-bond donors (Lipinski definition) is 1. The zero-order valence-corrected chi connectivity index (χ0v) is 21.9. The summed E-state index contributed by atoms with van der Waals surface area (Å²) >= 11 is 0. The number of benzene rings is 2. The lowest BCUT2D eigenvalue weighted by Gasteiger charge is -2.32. The smallest absolute Gasteiger partial charge is 0.244 e. The minimum Gasteiger partial charge on any atom is -0.357 e. The van der Waals surface area contributed by atoms with Gasteiger partial charge in [-0.3, -0.25) is 13.9 Å². The fourth-order valence-electron chi connectivity index (χ4n) is 3.80. The second-order valence-corrected chi connectivity index (χ2v) is 11.3. The molecule has 0 saturated carbocycles. The van der Waals surface area contributed by atoms with E-state index in [4.69, 9.17) is 0 Å². The molecule has 1 N–H and O–H groups in total. The van der Waals surface area contributed by atoms with Crippen LogP contribution in [0.25, 0.3) is 0 Å². The van der Waals surface area contributed by atoms with Crippen molar-refractivity contribution in [3.8, 4) is 0 Å². The number of nitrogens with zero attached hydrogens (tertiary/aromatic N) is 2. The second-order valence-electron chi connectivity index (χ2n) is 9.43. The van der Waals surface area contributed by atoms with Crippen LogP contribution in [0.5, 0.6) is 0 Å². The molecule has 34 heavy (non-hydrogen) atoms. The lowest BCUT2D eigenvalue weighted by molar-refractivity contribution is -0.139. The van der Waals surface area contributed by atoms with Crippen molar-refractivity contribution in [3.05, 3.63) is 65.7 Å². The fourth-order valence-corrected chi connectivity index (χ4v) is 4.65. The maximum atomic E-state index is 13.5. The number of carbonyl (C=O) groups excluding carboxylic acids is 2. The summed E-state index contributed by atoms with van der Waals surface area (Å²) in [5.74, 6) is -0.693. The lowest BCUT2D eigenvalue weighted by Crippen LogP contribution is -2.52. The molecule has 0 aliphatic heterocycles. The summed E-state index contributed by atoms with van der Waals surface area (Å²) in [6.45, 7) is 7.99. The van der Waals surface area contributed by atoms with Gasteiger partial charge in [0, 0.05) is 13.6 Å².